The van der Waals surface area contributed by atoms with E-state index in [0.717, 1.165) is 11.3 Å². The minimum atomic E-state index is 0.204. The summed E-state index contributed by atoms with van der Waals surface area (Å²) in [6.45, 7) is 0. The van der Waals surface area contributed by atoms with Gasteiger partial charge in [0, 0.05) is 5.02 Å². The molecule has 0 bridgehead atoms. The molecule has 0 unspecified atom stereocenters. The minimum absolute atomic E-state index is 0.204. The monoisotopic (exact) mass is 324 g/mol. The van der Waals surface area contributed by atoms with Crippen molar-refractivity contribution < 1.29 is 5.11 Å². The molecule has 0 heterocycles. The Morgan fingerprint density at radius 2 is 2.06 bits per heavy atom. The number of halogens is 2. The van der Waals surface area contributed by atoms with E-state index in [4.69, 9.17) is 11.6 Å². The maximum absolute atomic E-state index is 9.36. The molecule has 0 spiro atoms. The van der Waals surface area contributed by atoms with Gasteiger partial charge in [0.15, 0.2) is 0 Å². The van der Waals surface area contributed by atoms with Crippen molar-refractivity contribution in [3.8, 4) is 5.75 Å². The molecule has 5 heteroatoms. The number of hydrogen-bond acceptors (Lipinski definition) is 3. The van der Waals surface area contributed by atoms with Crippen LogP contribution in [0.3, 0.4) is 0 Å². The van der Waals surface area contributed by atoms with Crippen molar-refractivity contribution >= 4 is 39.4 Å². The van der Waals surface area contributed by atoms with Gasteiger partial charge >= 0.3 is 0 Å². The highest BCUT2D eigenvalue weighted by Gasteiger charge is 1.97. The van der Waals surface area contributed by atoms with Crippen LogP contribution in [-0.2, 0) is 0 Å². The molecule has 0 saturated heterocycles. The van der Waals surface area contributed by atoms with E-state index in [1.807, 2.05) is 12.1 Å². The minimum Gasteiger partial charge on any atom is -0.507 e. The largest absolute Gasteiger partial charge is 0.507 e. The predicted octanol–water partition coefficient (Wildman–Crippen LogP) is 4.25. The van der Waals surface area contributed by atoms with E-state index in [9.17, 15) is 5.11 Å². The van der Waals surface area contributed by atoms with Crippen LogP contribution in [0.1, 0.15) is 5.56 Å². The summed E-state index contributed by atoms with van der Waals surface area (Å²) >= 11 is 9.10. The molecular formula is C13H10BrClN2O. The Hall–Kier alpha value is -1.52. The molecule has 0 aromatic heterocycles. The van der Waals surface area contributed by atoms with Gasteiger partial charge in [-0.15, -0.1) is 0 Å². The zero-order chi connectivity index (χ0) is 13.0. The topological polar surface area (TPSA) is 44.6 Å². The van der Waals surface area contributed by atoms with E-state index in [1.165, 1.54) is 0 Å². The quantitative estimate of drug-likeness (QED) is 0.654. The standard InChI is InChI=1S/C13H10BrClN2O/c14-12-6-9(4-5-13(12)18)8-16-17-11-3-1-2-10(15)7-11/h1-8,17-18H. The van der Waals surface area contributed by atoms with Crippen molar-refractivity contribution in [3.63, 3.8) is 0 Å². The first-order valence-electron chi connectivity index (χ1n) is 5.18. The average Bonchev–Trinajstić information content (AvgIpc) is 2.34. The Balaban J connectivity index is 2.05. The highest BCUT2D eigenvalue weighted by molar-refractivity contribution is 9.10. The van der Waals surface area contributed by atoms with Gasteiger partial charge in [-0.05, 0) is 57.9 Å². The molecule has 0 radical (unpaired) electrons. The van der Waals surface area contributed by atoms with Crippen molar-refractivity contribution in [2.24, 2.45) is 5.10 Å². The van der Waals surface area contributed by atoms with Gasteiger partial charge in [0.2, 0.25) is 0 Å². The average molecular weight is 326 g/mol. The molecule has 2 aromatic rings. The first kappa shape index (κ1) is 12.9. The Kier molecular flexibility index (Phi) is 4.23. The number of hydrazone groups is 1. The second kappa shape index (κ2) is 5.89. The van der Waals surface area contributed by atoms with Gasteiger partial charge in [0.05, 0.1) is 16.4 Å². The number of rotatable bonds is 3. The van der Waals surface area contributed by atoms with Gasteiger partial charge in [-0.3, -0.25) is 5.43 Å². The van der Waals surface area contributed by atoms with Crippen LogP contribution in [0.25, 0.3) is 0 Å². The van der Waals surface area contributed by atoms with Gasteiger partial charge in [-0.25, -0.2) is 0 Å². The number of benzene rings is 2. The van der Waals surface area contributed by atoms with Gasteiger partial charge in [0.25, 0.3) is 0 Å². The van der Waals surface area contributed by atoms with Crippen LogP contribution < -0.4 is 5.43 Å². The molecule has 0 aliphatic carbocycles. The number of nitrogens with one attached hydrogen (secondary N) is 1. The summed E-state index contributed by atoms with van der Waals surface area (Å²) < 4.78 is 0.634. The molecule has 0 amide bonds. The normalized spacial score (nSPS) is 10.8. The molecule has 2 N–H and O–H groups in total. The van der Waals surface area contributed by atoms with Crippen molar-refractivity contribution in [1.29, 1.82) is 0 Å². The van der Waals surface area contributed by atoms with Crippen LogP contribution in [0, 0.1) is 0 Å². The fourth-order valence-electron chi connectivity index (χ4n) is 1.34. The highest BCUT2D eigenvalue weighted by atomic mass is 79.9. The van der Waals surface area contributed by atoms with Crippen molar-refractivity contribution in [2.45, 2.75) is 0 Å². The SMILES string of the molecule is Oc1ccc(C=NNc2cccc(Cl)c2)cc1Br. The van der Waals surface area contributed by atoms with Crippen LogP contribution in [-0.4, -0.2) is 11.3 Å². The number of aromatic hydroxyl groups is 1. The van der Waals surface area contributed by atoms with Crippen molar-refractivity contribution in [3.05, 3.63) is 57.5 Å². The summed E-state index contributed by atoms with van der Waals surface area (Å²) in [5.41, 5.74) is 4.56. The molecular weight excluding hydrogens is 316 g/mol. The highest BCUT2D eigenvalue weighted by Crippen LogP contribution is 2.23. The molecule has 0 fully saturated rings. The second-order valence-electron chi connectivity index (χ2n) is 3.59. The Bertz CT molecular complexity index is 587. The third-order valence-electron chi connectivity index (χ3n) is 2.20. The number of phenols is 1. The summed E-state index contributed by atoms with van der Waals surface area (Å²) in [6.07, 6.45) is 1.66. The number of anilines is 1. The first-order chi connectivity index (χ1) is 8.65. The van der Waals surface area contributed by atoms with E-state index < -0.39 is 0 Å². The Morgan fingerprint density at radius 3 is 2.78 bits per heavy atom. The van der Waals surface area contributed by atoms with Crippen LogP contribution >= 0.6 is 27.5 Å². The molecule has 18 heavy (non-hydrogen) atoms. The van der Waals surface area contributed by atoms with E-state index in [0.29, 0.717) is 9.50 Å². The number of phenolic OH excluding ortho intramolecular Hbond substituents is 1. The van der Waals surface area contributed by atoms with E-state index in [1.54, 1.807) is 36.5 Å². The lowest BCUT2D eigenvalue weighted by Crippen LogP contribution is -1.90. The summed E-state index contributed by atoms with van der Waals surface area (Å²) in [4.78, 5) is 0. The Labute approximate surface area is 118 Å². The van der Waals surface area contributed by atoms with Crippen molar-refractivity contribution in [1.82, 2.24) is 0 Å². The third-order valence-corrected chi connectivity index (χ3v) is 3.07. The van der Waals surface area contributed by atoms with Gasteiger partial charge < -0.3 is 5.11 Å². The zero-order valence-corrected chi connectivity index (χ0v) is 11.6. The lowest BCUT2D eigenvalue weighted by Gasteiger charge is -2.01. The van der Waals surface area contributed by atoms with Gasteiger partial charge in [-0.2, -0.15) is 5.10 Å². The van der Waals surface area contributed by atoms with Gasteiger partial charge in [0.1, 0.15) is 5.75 Å². The molecule has 3 nitrogen and oxygen atoms in total. The van der Waals surface area contributed by atoms with E-state index >= 15 is 0 Å². The van der Waals surface area contributed by atoms with E-state index in [-0.39, 0.29) is 5.75 Å². The summed E-state index contributed by atoms with van der Waals surface area (Å²) in [6, 6.07) is 12.4. The molecule has 2 rings (SSSR count). The molecule has 0 aliphatic rings. The van der Waals surface area contributed by atoms with Crippen LogP contribution in [0.5, 0.6) is 5.75 Å². The molecule has 0 atom stereocenters. The third kappa shape index (κ3) is 3.48. The predicted molar refractivity (Wildman–Crippen MR) is 78.5 cm³/mol. The summed E-state index contributed by atoms with van der Waals surface area (Å²) in [5, 5.41) is 14.1. The zero-order valence-electron chi connectivity index (χ0n) is 9.27. The summed E-state index contributed by atoms with van der Waals surface area (Å²) in [5.74, 6) is 0.204. The van der Waals surface area contributed by atoms with Crippen LogP contribution in [0.2, 0.25) is 5.02 Å². The molecule has 0 saturated carbocycles. The number of hydrogen-bond donors (Lipinski definition) is 2. The molecule has 0 aliphatic heterocycles. The number of nitrogens with zero attached hydrogens (tertiary/aromatic N) is 1. The smallest absolute Gasteiger partial charge is 0.129 e. The first-order valence-corrected chi connectivity index (χ1v) is 6.35. The lowest BCUT2D eigenvalue weighted by atomic mass is 10.2. The van der Waals surface area contributed by atoms with Crippen LogP contribution in [0.15, 0.2) is 52.0 Å². The fourth-order valence-corrected chi connectivity index (χ4v) is 1.93. The Morgan fingerprint density at radius 1 is 1.22 bits per heavy atom. The van der Waals surface area contributed by atoms with Crippen molar-refractivity contribution in [2.75, 3.05) is 5.43 Å². The molecule has 92 valence electrons. The second-order valence-corrected chi connectivity index (χ2v) is 4.88. The maximum atomic E-state index is 9.36. The van der Waals surface area contributed by atoms with E-state index in [2.05, 4.69) is 26.5 Å². The summed E-state index contributed by atoms with van der Waals surface area (Å²) in [7, 11) is 0. The maximum Gasteiger partial charge on any atom is 0.129 e. The van der Waals surface area contributed by atoms with Crippen LogP contribution in [0.4, 0.5) is 5.69 Å². The van der Waals surface area contributed by atoms with Gasteiger partial charge in [-0.1, -0.05) is 17.7 Å². The fraction of sp³-hybridized carbons (Fsp3) is 0. The molecule has 2 aromatic carbocycles. The lowest BCUT2D eigenvalue weighted by molar-refractivity contribution is 0.472.